The van der Waals surface area contributed by atoms with Crippen molar-refractivity contribution in [3.8, 4) is 35.4 Å². The molecule has 5 unspecified atom stereocenters. The van der Waals surface area contributed by atoms with Gasteiger partial charge >= 0.3 is 12.1 Å². The summed E-state index contributed by atoms with van der Waals surface area (Å²) in [6.45, 7) is 3.84. The van der Waals surface area contributed by atoms with Crippen LogP contribution in [-0.2, 0) is 25.5 Å². The van der Waals surface area contributed by atoms with Crippen molar-refractivity contribution in [1.29, 1.82) is 0 Å². The molecule has 3 amide bonds. The SMILES string of the molecule is C#Cc1c(F)ccc2cc(O)cc(-c3ncc4c(N5CC6CCC(C5)N6)nc(OC)nc4c3F)c12.CNC(=O)C(CCC=O)N(C=O)c1ccc(CCCCCCCCCCCNC(=O)OCC2CCC3CCCN32)cc1N(C)C. The van der Waals surface area contributed by atoms with Crippen LogP contribution in [0.2, 0.25) is 0 Å². The summed E-state index contributed by atoms with van der Waals surface area (Å²) in [5.41, 5.74) is 2.80. The maximum atomic E-state index is 16.1. The molecule has 5 aromatic rings. The van der Waals surface area contributed by atoms with Crippen molar-refractivity contribution in [2.75, 3.05) is 75.7 Å². The van der Waals surface area contributed by atoms with Gasteiger partial charge in [0.2, 0.25) is 12.3 Å². The number of nitrogens with zero attached hydrogens (tertiary/aromatic N) is 7. The number of amides is 3. The maximum absolute atomic E-state index is 16.1. The lowest BCUT2D eigenvalue weighted by atomic mass is 9.96. The second-order valence-electron chi connectivity index (χ2n) is 21.7. The first kappa shape index (κ1) is 59.0. The van der Waals surface area contributed by atoms with Crippen LogP contribution >= 0.6 is 0 Å². The Morgan fingerprint density at radius 1 is 0.938 bits per heavy atom. The minimum atomic E-state index is -0.743. The van der Waals surface area contributed by atoms with Crippen LogP contribution in [0.5, 0.6) is 11.8 Å². The number of piperazine rings is 1. The highest BCUT2D eigenvalue weighted by Crippen LogP contribution is 2.40. The molecule has 3 aromatic carbocycles. The van der Waals surface area contributed by atoms with E-state index in [0.29, 0.717) is 60.0 Å². The maximum Gasteiger partial charge on any atom is 0.407 e. The molecular weight excluding hydrogens is 1020 g/mol. The molecule has 4 N–H and O–H groups in total. The number of nitrogens with one attached hydrogen (secondary N) is 3. The van der Waals surface area contributed by atoms with Crippen LogP contribution in [-0.4, -0.2) is 141 Å². The number of halogens is 2. The molecule has 17 nitrogen and oxygen atoms in total. The van der Waals surface area contributed by atoms with Gasteiger partial charge in [0.25, 0.3) is 0 Å². The van der Waals surface area contributed by atoms with Gasteiger partial charge in [-0.1, -0.05) is 63.0 Å². The zero-order chi connectivity index (χ0) is 56.7. The van der Waals surface area contributed by atoms with Crippen LogP contribution < -0.4 is 35.4 Å². The predicted octanol–water partition coefficient (Wildman–Crippen LogP) is 8.97. The van der Waals surface area contributed by atoms with Gasteiger partial charge in [-0.15, -0.1) is 6.42 Å². The standard InChI is InChI=1S/C35H57N5O5.C26H21F2N5O2/c1-36-34(43)32(17-14-24-41)40(27-42)31-21-18-28(25-33(31)38(2)3)15-11-9-7-5-4-6-8-10-12-22-37-35(44)45-26-30-20-19-29-16-13-23-39(29)30;1-3-17-20(27)7-4-13-8-16(34)9-18(21(13)17)23-22(28)24-19(10-29-23)25(32-26(31-24)35-2)33-11-14-5-6-15(12-33)30-14/h18,21,24-25,27,29-30,32H,4-17,19-20,22-23,26H2,1-3H3,(H,36,43)(H,37,44);1,4,7-10,14-15,30,34H,5-6,11-12H2,2H3. The largest absolute Gasteiger partial charge is 0.508 e. The van der Waals surface area contributed by atoms with Gasteiger partial charge in [-0.2, -0.15) is 9.97 Å². The van der Waals surface area contributed by atoms with E-state index in [2.05, 4.69) is 52.7 Å². The smallest absolute Gasteiger partial charge is 0.407 e. The van der Waals surface area contributed by atoms with E-state index in [1.54, 1.807) is 0 Å². The number of likely N-dealkylation sites (N-methyl/N-ethyl adjacent to an activating group) is 1. The third-order valence-electron chi connectivity index (χ3n) is 16.2. The van der Waals surface area contributed by atoms with Gasteiger partial charge in [0.15, 0.2) is 5.82 Å². The number of hydrogen-bond acceptors (Lipinski definition) is 14. The summed E-state index contributed by atoms with van der Waals surface area (Å²) in [6.07, 6.45) is 27.4. The van der Waals surface area contributed by atoms with E-state index in [1.165, 1.54) is 113 Å². The summed E-state index contributed by atoms with van der Waals surface area (Å²) in [4.78, 5) is 68.9. The molecule has 4 saturated heterocycles. The monoisotopic (exact) mass is 1100 g/mol. The van der Waals surface area contributed by atoms with E-state index in [4.69, 9.17) is 15.9 Å². The number of aromatic nitrogens is 3. The first-order valence-corrected chi connectivity index (χ1v) is 28.5. The third-order valence-corrected chi connectivity index (χ3v) is 16.2. The van der Waals surface area contributed by atoms with Crippen molar-refractivity contribution in [3.05, 3.63) is 71.4 Å². The molecule has 9 rings (SSSR count). The number of aryl methyl sites for hydroxylation is 1. The molecule has 5 atom stereocenters. The number of fused-ring (bicyclic) bond motifs is 5. The Hall–Kier alpha value is -7.17. The molecule has 0 radical (unpaired) electrons. The summed E-state index contributed by atoms with van der Waals surface area (Å²) >= 11 is 0. The highest BCUT2D eigenvalue weighted by Gasteiger charge is 2.37. The second kappa shape index (κ2) is 28.3. The quantitative estimate of drug-likeness (QED) is 0.0246. The molecule has 0 saturated carbocycles. The Labute approximate surface area is 468 Å². The van der Waals surface area contributed by atoms with E-state index >= 15 is 4.39 Å². The molecule has 4 aliphatic heterocycles. The number of phenols is 1. The van der Waals surface area contributed by atoms with Crippen LogP contribution in [0.25, 0.3) is 32.9 Å². The number of carbonyl (C=O) groups is 4. The van der Waals surface area contributed by atoms with Crippen molar-refractivity contribution in [2.45, 2.75) is 146 Å². The Bertz CT molecular complexity index is 3000. The highest BCUT2D eigenvalue weighted by atomic mass is 19.1. The first-order chi connectivity index (χ1) is 38.8. The average molecular weight is 1100 g/mol. The summed E-state index contributed by atoms with van der Waals surface area (Å²) in [5.74, 6) is 1.13. The first-order valence-electron chi connectivity index (χ1n) is 28.5. The number of anilines is 3. The van der Waals surface area contributed by atoms with Gasteiger partial charge in [0.1, 0.15) is 47.5 Å². The van der Waals surface area contributed by atoms with Crippen LogP contribution in [0.15, 0.2) is 48.7 Å². The normalized spacial score (nSPS) is 18.7. The Kier molecular flexibility index (Phi) is 20.9. The number of ether oxygens (including phenoxy) is 2. The van der Waals surface area contributed by atoms with Crippen LogP contribution in [0, 0.1) is 24.0 Å². The Morgan fingerprint density at radius 2 is 1.68 bits per heavy atom. The molecule has 2 bridgehead atoms. The number of phenolic OH excluding ortho intramolecular Hbond substituents is 1. The number of alkyl carbamates (subject to hydrolysis) is 1. The number of benzene rings is 3. The fourth-order valence-corrected chi connectivity index (χ4v) is 12.1. The number of aldehydes is 1. The van der Waals surface area contributed by atoms with Gasteiger partial charge in [-0.05, 0) is 112 Å². The lowest BCUT2D eigenvalue weighted by Gasteiger charge is -2.34. The number of methoxy groups -OCH3 is 1. The number of terminal acetylenes is 1. The number of unbranched alkanes of at least 4 members (excludes halogenated alkanes) is 8. The second-order valence-corrected chi connectivity index (χ2v) is 21.7. The third kappa shape index (κ3) is 14.2. The van der Waals surface area contributed by atoms with Gasteiger partial charge in [-0.25, -0.2) is 13.6 Å². The highest BCUT2D eigenvalue weighted by molar-refractivity contribution is 6.03. The number of aromatic hydroxyl groups is 1. The molecule has 0 spiro atoms. The minimum Gasteiger partial charge on any atom is -0.508 e. The summed E-state index contributed by atoms with van der Waals surface area (Å²) in [5, 5.41) is 20.6. The molecule has 4 aliphatic rings. The van der Waals surface area contributed by atoms with Crippen LogP contribution in [0.4, 0.5) is 30.8 Å². The minimum absolute atomic E-state index is 0.0258. The number of carbonyl (C=O) groups excluding carboxylic acids is 4. The van der Waals surface area contributed by atoms with Crippen LogP contribution in [0.1, 0.15) is 120 Å². The topological polar surface area (TPSA) is 195 Å². The summed E-state index contributed by atoms with van der Waals surface area (Å²) < 4.78 is 41.4. The average Bonchev–Trinajstić information content (AvgIpc) is 4.22. The van der Waals surface area contributed by atoms with E-state index < -0.39 is 17.7 Å². The van der Waals surface area contributed by atoms with Crippen molar-refractivity contribution in [2.24, 2.45) is 0 Å². The number of rotatable bonds is 25. The molecule has 428 valence electrons. The van der Waals surface area contributed by atoms with E-state index in [1.807, 2.05) is 31.1 Å². The summed E-state index contributed by atoms with van der Waals surface area (Å²) in [7, 11) is 6.82. The molecule has 80 heavy (non-hydrogen) atoms. The summed E-state index contributed by atoms with van der Waals surface area (Å²) in [6, 6.07) is 12.6. The van der Waals surface area contributed by atoms with Crippen molar-refractivity contribution in [3.63, 3.8) is 0 Å². The Morgan fingerprint density at radius 3 is 2.36 bits per heavy atom. The van der Waals surface area contributed by atoms with E-state index in [9.17, 15) is 28.7 Å². The number of pyridine rings is 1. The van der Waals surface area contributed by atoms with Crippen molar-refractivity contribution >= 4 is 63.6 Å². The molecular formula is C61H78F2N10O7. The van der Waals surface area contributed by atoms with E-state index in [0.717, 1.165) is 82.6 Å². The lowest BCUT2D eigenvalue weighted by Crippen LogP contribution is -2.51. The van der Waals surface area contributed by atoms with Crippen molar-refractivity contribution in [1.82, 2.24) is 35.8 Å². The zero-order valence-corrected chi connectivity index (χ0v) is 46.8. The molecule has 6 heterocycles. The molecule has 4 fully saturated rings. The molecule has 0 aliphatic carbocycles. The van der Waals surface area contributed by atoms with Crippen LogP contribution in [0.3, 0.4) is 0 Å². The fourth-order valence-electron chi connectivity index (χ4n) is 12.1. The van der Waals surface area contributed by atoms with Gasteiger partial charge in [0, 0.05) is 88.5 Å². The van der Waals surface area contributed by atoms with Crippen molar-refractivity contribution < 1.29 is 42.5 Å². The molecule has 2 aromatic heterocycles. The van der Waals surface area contributed by atoms with Gasteiger partial charge < -0.3 is 50.0 Å². The zero-order valence-electron chi connectivity index (χ0n) is 46.8. The number of hydrogen-bond donors (Lipinski definition) is 4. The van der Waals surface area contributed by atoms with Gasteiger partial charge in [0.05, 0.1) is 29.4 Å². The van der Waals surface area contributed by atoms with Gasteiger partial charge in [-0.3, -0.25) is 19.5 Å². The Balaban J connectivity index is 0.000000216. The van der Waals surface area contributed by atoms with E-state index in [-0.39, 0.29) is 64.3 Å². The fraction of sp³-hybridized carbons (Fsp3) is 0.525. The molecule has 19 heteroatoms. The lowest BCUT2D eigenvalue weighted by molar-refractivity contribution is -0.123. The predicted molar refractivity (Wildman–Crippen MR) is 308 cm³/mol.